The molecule has 11 nitrogen and oxygen atoms in total. The third-order valence-corrected chi connectivity index (χ3v) is 9.44. The molecule has 4 N–H and O–H groups in total. The van der Waals surface area contributed by atoms with Gasteiger partial charge in [0.2, 0.25) is 0 Å². The molecule has 0 atom stereocenters. The Morgan fingerprint density at radius 3 is 1.96 bits per heavy atom. The first-order valence-electron chi connectivity index (χ1n) is 16.5. The Kier molecular flexibility index (Phi) is 10.5. The van der Waals surface area contributed by atoms with E-state index < -0.39 is 18.6 Å². The second-order valence-corrected chi connectivity index (χ2v) is 12.4. The van der Waals surface area contributed by atoms with Gasteiger partial charge in [-0.1, -0.05) is 11.6 Å². The molecule has 0 unspecified atom stereocenters. The van der Waals surface area contributed by atoms with Gasteiger partial charge in [0.15, 0.2) is 22.4 Å². The van der Waals surface area contributed by atoms with E-state index in [4.69, 9.17) is 23.7 Å². The predicted molar refractivity (Wildman–Crippen MR) is 191 cm³/mol. The summed E-state index contributed by atoms with van der Waals surface area (Å²) in [4.78, 5) is 28.0. The maximum absolute atomic E-state index is 14.3. The van der Waals surface area contributed by atoms with E-state index in [1.54, 1.807) is 14.2 Å². The Labute approximate surface area is 283 Å². The van der Waals surface area contributed by atoms with Crippen LogP contribution in [0.4, 0.5) is 5.69 Å². The van der Waals surface area contributed by atoms with E-state index in [0.717, 1.165) is 22.1 Å². The van der Waals surface area contributed by atoms with E-state index >= 15 is 0 Å². The van der Waals surface area contributed by atoms with Gasteiger partial charge in [0.05, 0.1) is 64.1 Å². The number of allylic oxidation sites excluding steroid dienone is 1. The van der Waals surface area contributed by atoms with Crippen molar-refractivity contribution >= 4 is 54.9 Å². The zero-order valence-electron chi connectivity index (χ0n) is 28.4. The lowest BCUT2D eigenvalue weighted by Crippen LogP contribution is -2.17. The number of aliphatic hydroxyl groups is 2. The topological polar surface area (TPSA) is 153 Å². The van der Waals surface area contributed by atoms with E-state index in [2.05, 4.69) is 11.4 Å². The molecule has 6 rings (SSSR count). The quantitative estimate of drug-likeness (QED) is 0.0638. The lowest BCUT2D eigenvalue weighted by atomic mass is 9.80. The highest BCUT2D eigenvalue weighted by Gasteiger charge is 2.32. The normalized spacial score (nSPS) is 13.0. The van der Waals surface area contributed by atoms with Crippen LogP contribution < -0.4 is 20.9 Å². The Morgan fingerprint density at radius 2 is 1.35 bits per heavy atom. The number of fused-ring (bicyclic) bond motifs is 1. The first kappa shape index (κ1) is 34.8. The SMILES string of the molecule is COCCOCCCc1c(NCCOCCOC)c2c(=O)cc(CO)c3c4c(CO)cc(=O)c5c(O)c(OC)c6c(c(c1C=C(C)C6)c23)c54. The maximum atomic E-state index is 14.3. The summed E-state index contributed by atoms with van der Waals surface area (Å²) in [5, 5.41) is 40.6. The maximum Gasteiger partial charge on any atom is 0.190 e. The Morgan fingerprint density at radius 1 is 0.735 bits per heavy atom. The molecular formula is C38H43NO10. The molecule has 260 valence electrons. The molecule has 0 fully saturated rings. The third kappa shape index (κ3) is 5.94. The second kappa shape index (κ2) is 14.8. The molecule has 0 radical (unpaired) electrons. The minimum absolute atomic E-state index is 0.0747. The van der Waals surface area contributed by atoms with E-state index in [1.807, 2.05) is 6.92 Å². The number of anilines is 1. The van der Waals surface area contributed by atoms with Crippen LogP contribution in [-0.4, -0.2) is 82.8 Å². The molecule has 0 saturated heterocycles. The summed E-state index contributed by atoms with van der Waals surface area (Å²) in [6.45, 7) is 4.19. The molecule has 1 aliphatic rings. The largest absolute Gasteiger partial charge is 0.504 e. The Hall–Kier alpha value is -4.10. The molecule has 49 heavy (non-hydrogen) atoms. The van der Waals surface area contributed by atoms with Crippen molar-refractivity contribution in [3.05, 3.63) is 66.0 Å². The van der Waals surface area contributed by atoms with Gasteiger partial charge in [0.1, 0.15) is 0 Å². The molecule has 0 amide bonds. The third-order valence-electron chi connectivity index (χ3n) is 9.44. The lowest BCUT2D eigenvalue weighted by Gasteiger charge is -2.26. The van der Waals surface area contributed by atoms with Crippen molar-refractivity contribution in [2.75, 3.05) is 72.8 Å². The monoisotopic (exact) mass is 673 g/mol. The summed E-state index contributed by atoms with van der Waals surface area (Å²) < 4.78 is 27.6. The number of hydrogen-bond acceptors (Lipinski definition) is 11. The number of aliphatic hydroxyl groups excluding tert-OH is 2. The van der Waals surface area contributed by atoms with Gasteiger partial charge < -0.3 is 44.3 Å². The van der Waals surface area contributed by atoms with Gasteiger partial charge >= 0.3 is 0 Å². The highest BCUT2D eigenvalue weighted by atomic mass is 16.5. The molecule has 0 saturated carbocycles. The average Bonchev–Trinajstić information content (AvgIpc) is 3.24. The van der Waals surface area contributed by atoms with Crippen LogP contribution in [0, 0.1) is 0 Å². The summed E-state index contributed by atoms with van der Waals surface area (Å²) in [6.07, 6.45) is 3.73. The van der Waals surface area contributed by atoms with Crippen LogP contribution in [0.25, 0.3) is 49.2 Å². The first-order chi connectivity index (χ1) is 23.8. The fraction of sp³-hybridized carbons (Fsp3) is 0.421. The lowest BCUT2D eigenvalue weighted by molar-refractivity contribution is 0.0695. The number of phenolic OH excluding ortho intramolecular Hbond substituents is 1. The van der Waals surface area contributed by atoms with Gasteiger partial charge in [0, 0.05) is 49.4 Å². The molecule has 5 aromatic carbocycles. The molecule has 11 heteroatoms. The van der Waals surface area contributed by atoms with Crippen molar-refractivity contribution in [1.82, 2.24) is 0 Å². The van der Waals surface area contributed by atoms with Crippen LogP contribution in [0.15, 0.2) is 27.3 Å². The van der Waals surface area contributed by atoms with Crippen LogP contribution in [0.5, 0.6) is 11.5 Å². The summed E-state index contributed by atoms with van der Waals surface area (Å²) in [5.74, 6) is -0.0715. The predicted octanol–water partition coefficient (Wildman–Crippen LogP) is 4.22. The minimum atomic E-state index is -0.460. The number of aromatic hydroxyl groups is 1. The molecular weight excluding hydrogens is 630 g/mol. The number of methoxy groups -OCH3 is 3. The van der Waals surface area contributed by atoms with Crippen molar-refractivity contribution in [2.24, 2.45) is 0 Å². The molecule has 0 bridgehead atoms. The highest BCUT2D eigenvalue weighted by Crippen LogP contribution is 2.53. The standard InChI is InChI=1S/C38H43NO10/c1-20-14-24-23(6-5-8-48-12-10-45-2)36(39-7-9-49-13-11-46-3)32-26(42)16-21(18-40)28-29-22(19-41)17-27(43)33-35(29)31(30(24)34(28)32)25(15-20)38(47-4)37(33)44/h14,16-17,39-41,44H,5-13,15,18-19H2,1-4H3. The Balaban J connectivity index is 1.79. The number of hydrogen-bond donors (Lipinski definition) is 4. The number of phenols is 1. The molecule has 1 aliphatic carbocycles. The summed E-state index contributed by atoms with van der Waals surface area (Å²) >= 11 is 0. The van der Waals surface area contributed by atoms with Gasteiger partial charge in [-0.2, -0.15) is 0 Å². The minimum Gasteiger partial charge on any atom is -0.504 e. The summed E-state index contributed by atoms with van der Waals surface area (Å²) in [5.41, 5.74) is 4.11. The molecule has 5 aromatic rings. The summed E-state index contributed by atoms with van der Waals surface area (Å²) in [6, 6.07) is 2.76. The van der Waals surface area contributed by atoms with E-state index in [0.29, 0.717) is 120 Å². The van der Waals surface area contributed by atoms with Crippen LogP contribution in [-0.2, 0) is 45.0 Å². The molecule has 0 aromatic heterocycles. The number of ether oxygens (including phenoxy) is 5. The zero-order valence-corrected chi connectivity index (χ0v) is 28.4. The van der Waals surface area contributed by atoms with Gasteiger partial charge in [-0.05, 0) is 82.1 Å². The number of rotatable bonds is 17. The van der Waals surface area contributed by atoms with Gasteiger partial charge in [-0.15, -0.1) is 0 Å². The van der Waals surface area contributed by atoms with Gasteiger partial charge in [-0.3, -0.25) is 9.59 Å². The van der Waals surface area contributed by atoms with Gasteiger partial charge in [-0.25, -0.2) is 0 Å². The molecule has 0 spiro atoms. The van der Waals surface area contributed by atoms with Crippen LogP contribution in [0.2, 0.25) is 0 Å². The fourth-order valence-electron chi connectivity index (χ4n) is 7.52. The van der Waals surface area contributed by atoms with E-state index in [-0.39, 0.29) is 22.3 Å². The van der Waals surface area contributed by atoms with Crippen molar-refractivity contribution in [3.63, 3.8) is 0 Å². The average molecular weight is 674 g/mol. The van der Waals surface area contributed by atoms with Crippen LogP contribution >= 0.6 is 0 Å². The zero-order chi connectivity index (χ0) is 34.8. The smallest absolute Gasteiger partial charge is 0.190 e. The molecule has 0 heterocycles. The molecule has 0 aliphatic heterocycles. The first-order valence-corrected chi connectivity index (χ1v) is 16.5. The number of nitrogens with one attached hydrogen (secondary N) is 1. The summed E-state index contributed by atoms with van der Waals surface area (Å²) in [7, 11) is 4.70. The Bertz CT molecular complexity index is 2160. The fourth-order valence-corrected chi connectivity index (χ4v) is 7.52. The highest BCUT2D eigenvalue weighted by molar-refractivity contribution is 6.38. The number of benzene rings is 5. The van der Waals surface area contributed by atoms with Crippen molar-refractivity contribution < 1.29 is 39.0 Å². The van der Waals surface area contributed by atoms with Gasteiger partial charge in [0.25, 0.3) is 0 Å². The van der Waals surface area contributed by atoms with Crippen molar-refractivity contribution in [3.8, 4) is 11.5 Å². The van der Waals surface area contributed by atoms with Crippen molar-refractivity contribution in [1.29, 1.82) is 0 Å². The van der Waals surface area contributed by atoms with Crippen LogP contribution in [0.3, 0.4) is 0 Å². The second-order valence-electron chi connectivity index (χ2n) is 12.4. The van der Waals surface area contributed by atoms with E-state index in [9.17, 15) is 24.9 Å². The van der Waals surface area contributed by atoms with Crippen LogP contribution in [0.1, 0.15) is 41.2 Å². The van der Waals surface area contributed by atoms with Crippen molar-refractivity contribution in [2.45, 2.75) is 39.4 Å². The van der Waals surface area contributed by atoms with E-state index in [1.165, 1.54) is 19.2 Å².